The fraction of sp³-hybridized carbons (Fsp3) is 0.600. The topological polar surface area (TPSA) is 12.0 Å². The Morgan fingerprint density at radius 3 is 2.62 bits per heavy atom. The maximum absolute atomic E-state index is 3.76. The molecule has 0 aliphatic heterocycles. The molecule has 0 aromatic heterocycles. The molecule has 0 saturated heterocycles. The van der Waals surface area contributed by atoms with Gasteiger partial charge >= 0.3 is 0 Å². The highest BCUT2D eigenvalue weighted by Gasteiger charge is 2.15. The van der Waals surface area contributed by atoms with Crippen LogP contribution in [0.25, 0.3) is 0 Å². The summed E-state index contributed by atoms with van der Waals surface area (Å²) in [6.07, 6.45) is 6.94. The molecule has 1 unspecified atom stereocenters. The van der Waals surface area contributed by atoms with Gasteiger partial charge in [-0.25, -0.2) is 0 Å². The lowest BCUT2D eigenvalue weighted by atomic mass is 9.94. The smallest absolute Gasteiger partial charge is 0.0294 e. The lowest BCUT2D eigenvalue weighted by Gasteiger charge is -2.27. The molecule has 88 valence electrons. The minimum atomic E-state index is 0.489. The molecule has 16 heavy (non-hydrogen) atoms. The maximum Gasteiger partial charge on any atom is 0.0294 e. The number of aryl methyl sites for hydroxylation is 1. The monoisotopic (exact) mass is 217 g/mol. The standard InChI is InChI=1S/C15H23N/c1-12-7-6-8-14(11-12)13(2)16-15-9-4-3-5-10-15/h6-8,11,13,15-16H,3-5,9-10H2,1-2H3. The Morgan fingerprint density at radius 1 is 1.19 bits per heavy atom. The molecule has 1 saturated carbocycles. The summed E-state index contributed by atoms with van der Waals surface area (Å²) in [5.74, 6) is 0. The van der Waals surface area contributed by atoms with E-state index in [1.165, 1.54) is 43.2 Å². The van der Waals surface area contributed by atoms with Gasteiger partial charge in [0.1, 0.15) is 0 Å². The Kier molecular flexibility index (Phi) is 4.00. The highest BCUT2D eigenvalue weighted by Crippen LogP contribution is 2.21. The van der Waals surface area contributed by atoms with Crippen molar-refractivity contribution in [2.45, 2.75) is 58.0 Å². The van der Waals surface area contributed by atoms with Gasteiger partial charge in [-0.2, -0.15) is 0 Å². The van der Waals surface area contributed by atoms with Crippen molar-refractivity contribution in [1.29, 1.82) is 0 Å². The van der Waals surface area contributed by atoms with Crippen LogP contribution in [0.1, 0.15) is 56.2 Å². The van der Waals surface area contributed by atoms with Crippen LogP contribution in [-0.2, 0) is 0 Å². The molecular formula is C15H23N. The maximum atomic E-state index is 3.76. The Hall–Kier alpha value is -0.820. The van der Waals surface area contributed by atoms with E-state index in [4.69, 9.17) is 0 Å². The Balaban J connectivity index is 1.94. The van der Waals surface area contributed by atoms with Gasteiger partial charge in [0, 0.05) is 12.1 Å². The molecule has 1 nitrogen and oxygen atoms in total. The predicted molar refractivity (Wildman–Crippen MR) is 69.6 cm³/mol. The van der Waals surface area contributed by atoms with Gasteiger partial charge in [-0.05, 0) is 32.3 Å². The van der Waals surface area contributed by atoms with Crippen molar-refractivity contribution in [2.24, 2.45) is 0 Å². The van der Waals surface area contributed by atoms with Crippen molar-refractivity contribution < 1.29 is 0 Å². The molecule has 2 rings (SSSR count). The van der Waals surface area contributed by atoms with Crippen LogP contribution in [0.4, 0.5) is 0 Å². The van der Waals surface area contributed by atoms with Crippen LogP contribution in [0, 0.1) is 6.92 Å². The molecule has 0 bridgehead atoms. The Morgan fingerprint density at radius 2 is 1.94 bits per heavy atom. The highest BCUT2D eigenvalue weighted by atomic mass is 14.9. The van der Waals surface area contributed by atoms with E-state index >= 15 is 0 Å². The van der Waals surface area contributed by atoms with E-state index < -0.39 is 0 Å². The van der Waals surface area contributed by atoms with Crippen LogP contribution in [0.3, 0.4) is 0 Å². The molecule has 0 spiro atoms. The summed E-state index contributed by atoms with van der Waals surface area (Å²) in [4.78, 5) is 0. The number of hydrogen-bond donors (Lipinski definition) is 1. The van der Waals surface area contributed by atoms with Gasteiger partial charge in [-0.15, -0.1) is 0 Å². The second-order valence-corrected chi connectivity index (χ2v) is 5.14. The van der Waals surface area contributed by atoms with E-state index in [0.717, 1.165) is 6.04 Å². The summed E-state index contributed by atoms with van der Waals surface area (Å²) in [6.45, 7) is 4.44. The molecule has 1 aromatic rings. The summed E-state index contributed by atoms with van der Waals surface area (Å²) in [6, 6.07) is 10.1. The zero-order valence-corrected chi connectivity index (χ0v) is 10.5. The van der Waals surface area contributed by atoms with Gasteiger partial charge in [0.2, 0.25) is 0 Å². The lowest BCUT2D eigenvalue weighted by molar-refractivity contribution is 0.347. The number of hydrogen-bond acceptors (Lipinski definition) is 1. The van der Waals surface area contributed by atoms with Crippen molar-refractivity contribution in [2.75, 3.05) is 0 Å². The molecular weight excluding hydrogens is 194 g/mol. The van der Waals surface area contributed by atoms with Crippen LogP contribution in [0.2, 0.25) is 0 Å². The van der Waals surface area contributed by atoms with Crippen molar-refractivity contribution in [3.05, 3.63) is 35.4 Å². The lowest BCUT2D eigenvalue weighted by Crippen LogP contribution is -2.33. The first-order valence-electron chi connectivity index (χ1n) is 6.58. The van der Waals surface area contributed by atoms with Crippen LogP contribution in [0.5, 0.6) is 0 Å². The van der Waals surface area contributed by atoms with Gasteiger partial charge in [0.05, 0.1) is 0 Å². The van der Waals surface area contributed by atoms with Crippen LogP contribution in [-0.4, -0.2) is 6.04 Å². The Bertz CT molecular complexity index is 326. The third kappa shape index (κ3) is 3.08. The van der Waals surface area contributed by atoms with Crippen molar-refractivity contribution >= 4 is 0 Å². The molecule has 1 aliphatic carbocycles. The van der Waals surface area contributed by atoms with Crippen LogP contribution < -0.4 is 5.32 Å². The SMILES string of the molecule is Cc1cccc(C(C)NC2CCCCC2)c1. The number of benzene rings is 1. The van der Waals surface area contributed by atoms with E-state index in [1.54, 1.807) is 0 Å². The van der Waals surface area contributed by atoms with Crippen LogP contribution in [0.15, 0.2) is 24.3 Å². The summed E-state index contributed by atoms with van der Waals surface area (Å²) in [5, 5.41) is 3.76. The third-order valence-electron chi connectivity index (χ3n) is 3.63. The zero-order valence-electron chi connectivity index (χ0n) is 10.5. The average molecular weight is 217 g/mol. The minimum absolute atomic E-state index is 0.489. The van der Waals surface area contributed by atoms with E-state index in [-0.39, 0.29) is 0 Å². The van der Waals surface area contributed by atoms with Crippen molar-refractivity contribution in [1.82, 2.24) is 5.32 Å². The first-order valence-corrected chi connectivity index (χ1v) is 6.58. The largest absolute Gasteiger partial charge is 0.307 e. The van der Waals surface area contributed by atoms with Crippen molar-refractivity contribution in [3.8, 4) is 0 Å². The van der Waals surface area contributed by atoms with Gasteiger partial charge in [0.25, 0.3) is 0 Å². The van der Waals surface area contributed by atoms with Gasteiger partial charge in [-0.1, -0.05) is 49.1 Å². The fourth-order valence-electron chi connectivity index (χ4n) is 2.66. The minimum Gasteiger partial charge on any atom is -0.307 e. The molecule has 1 aromatic carbocycles. The van der Waals surface area contributed by atoms with E-state index in [0.29, 0.717) is 6.04 Å². The average Bonchev–Trinajstić information content (AvgIpc) is 2.30. The normalized spacial score (nSPS) is 19.6. The first-order chi connectivity index (χ1) is 7.75. The molecule has 1 fully saturated rings. The van der Waals surface area contributed by atoms with Crippen molar-refractivity contribution in [3.63, 3.8) is 0 Å². The molecule has 0 radical (unpaired) electrons. The van der Waals surface area contributed by atoms with Gasteiger partial charge < -0.3 is 5.32 Å². The second-order valence-electron chi connectivity index (χ2n) is 5.14. The first kappa shape index (κ1) is 11.7. The fourth-order valence-corrected chi connectivity index (χ4v) is 2.66. The molecule has 1 N–H and O–H groups in total. The highest BCUT2D eigenvalue weighted by molar-refractivity contribution is 5.24. The Labute approximate surface area is 99.3 Å². The molecule has 1 aliphatic rings. The molecule has 0 amide bonds. The second kappa shape index (κ2) is 5.49. The van der Waals surface area contributed by atoms with E-state index in [9.17, 15) is 0 Å². The predicted octanol–water partition coefficient (Wildman–Crippen LogP) is 3.98. The number of rotatable bonds is 3. The van der Waals surface area contributed by atoms with E-state index in [1.807, 2.05) is 0 Å². The van der Waals surface area contributed by atoms with Gasteiger partial charge in [0.15, 0.2) is 0 Å². The quantitative estimate of drug-likeness (QED) is 0.807. The van der Waals surface area contributed by atoms with Crippen LogP contribution >= 0.6 is 0 Å². The summed E-state index contributed by atoms with van der Waals surface area (Å²) in [7, 11) is 0. The van der Waals surface area contributed by atoms with E-state index in [2.05, 4.69) is 43.4 Å². The third-order valence-corrected chi connectivity index (χ3v) is 3.63. The van der Waals surface area contributed by atoms with Gasteiger partial charge in [-0.3, -0.25) is 0 Å². The number of nitrogens with one attached hydrogen (secondary N) is 1. The zero-order chi connectivity index (χ0) is 11.4. The molecule has 1 heteroatoms. The summed E-state index contributed by atoms with van der Waals surface area (Å²) >= 11 is 0. The molecule has 0 heterocycles. The summed E-state index contributed by atoms with van der Waals surface area (Å²) < 4.78 is 0. The summed E-state index contributed by atoms with van der Waals surface area (Å²) in [5.41, 5.74) is 2.78. The molecule has 1 atom stereocenters.